The summed E-state index contributed by atoms with van der Waals surface area (Å²) in [7, 11) is 3.91. The van der Waals surface area contributed by atoms with Crippen LogP contribution in [0, 0.1) is 5.92 Å². The molecule has 6 heteroatoms. The van der Waals surface area contributed by atoms with Crippen molar-refractivity contribution in [1.29, 1.82) is 0 Å². The molecule has 2 N–H and O–H groups in total. The highest BCUT2D eigenvalue weighted by molar-refractivity contribution is 5.83. The summed E-state index contributed by atoms with van der Waals surface area (Å²) in [4.78, 5) is 16.9. The number of anilines is 1. The Morgan fingerprint density at radius 1 is 1.23 bits per heavy atom. The van der Waals surface area contributed by atoms with Crippen molar-refractivity contribution in [3.05, 3.63) is 24.3 Å². The maximum atomic E-state index is 13.0. The number of benzene rings is 1. The third kappa shape index (κ3) is 3.40. The van der Waals surface area contributed by atoms with Crippen molar-refractivity contribution >= 4 is 11.6 Å². The van der Waals surface area contributed by atoms with E-state index in [0.717, 1.165) is 18.0 Å². The summed E-state index contributed by atoms with van der Waals surface area (Å²) < 4.78 is 6.01. The van der Waals surface area contributed by atoms with E-state index in [2.05, 4.69) is 15.8 Å². The molecule has 4 atom stereocenters. The van der Waals surface area contributed by atoms with Gasteiger partial charge in [-0.1, -0.05) is 31.4 Å². The summed E-state index contributed by atoms with van der Waals surface area (Å²) >= 11 is 0. The van der Waals surface area contributed by atoms with Crippen molar-refractivity contribution in [3.63, 3.8) is 0 Å². The lowest BCUT2D eigenvalue weighted by atomic mass is 9.90. The molecule has 0 spiro atoms. The van der Waals surface area contributed by atoms with Crippen LogP contribution < -0.4 is 20.5 Å². The summed E-state index contributed by atoms with van der Waals surface area (Å²) in [5.41, 5.74) is 7.95. The fourth-order valence-electron chi connectivity index (χ4n) is 4.67. The number of amides is 1. The molecular formula is C20H30N4O2. The number of hydrogen-bond acceptors (Lipinski definition) is 5. The summed E-state index contributed by atoms with van der Waals surface area (Å²) in [6, 6.07) is 8.78. The quantitative estimate of drug-likeness (QED) is 0.862. The highest BCUT2D eigenvalue weighted by atomic mass is 16.5. The number of ether oxygens (including phenoxy) is 1. The predicted octanol–water partition coefficient (Wildman–Crippen LogP) is 1.77. The van der Waals surface area contributed by atoms with Gasteiger partial charge >= 0.3 is 0 Å². The molecule has 26 heavy (non-hydrogen) atoms. The van der Waals surface area contributed by atoms with Crippen molar-refractivity contribution in [1.82, 2.24) is 15.8 Å². The molecule has 142 valence electrons. The summed E-state index contributed by atoms with van der Waals surface area (Å²) in [6.45, 7) is 1.31. The van der Waals surface area contributed by atoms with Gasteiger partial charge in [0.25, 0.3) is 5.91 Å². The maximum absolute atomic E-state index is 13.0. The number of carbonyl (C=O) groups is 1. The van der Waals surface area contributed by atoms with Gasteiger partial charge in [-0.25, -0.2) is 0 Å². The van der Waals surface area contributed by atoms with Crippen molar-refractivity contribution in [3.8, 4) is 5.75 Å². The lowest BCUT2D eigenvalue weighted by Gasteiger charge is -2.35. The van der Waals surface area contributed by atoms with Crippen molar-refractivity contribution in [2.75, 3.05) is 32.1 Å². The molecule has 3 aliphatic rings. The Morgan fingerprint density at radius 3 is 2.92 bits per heavy atom. The van der Waals surface area contributed by atoms with Gasteiger partial charge in [0.2, 0.25) is 0 Å². The number of carbonyl (C=O) groups excluding carboxylic acids is 1. The number of hydrazine groups is 1. The second kappa shape index (κ2) is 7.45. The van der Waals surface area contributed by atoms with Crippen LogP contribution in [0.5, 0.6) is 5.75 Å². The average molecular weight is 358 g/mol. The van der Waals surface area contributed by atoms with Gasteiger partial charge in [-0.15, -0.1) is 0 Å². The zero-order valence-electron chi connectivity index (χ0n) is 15.8. The van der Waals surface area contributed by atoms with Crippen LogP contribution in [0.25, 0.3) is 0 Å². The molecule has 2 heterocycles. The van der Waals surface area contributed by atoms with E-state index in [9.17, 15) is 4.79 Å². The van der Waals surface area contributed by atoms with Crippen LogP contribution in [-0.4, -0.2) is 56.2 Å². The highest BCUT2D eigenvalue weighted by Crippen LogP contribution is 2.33. The van der Waals surface area contributed by atoms with Crippen LogP contribution >= 0.6 is 0 Å². The molecule has 0 bridgehead atoms. The lowest BCUT2D eigenvalue weighted by Crippen LogP contribution is -2.51. The smallest absolute Gasteiger partial charge is 0.265 e. The number of hydrogen-bond donors (Lipinski definition) is 2. The van der Waals surface area contributed by atoms with E-state index < -0.39 is 6.10 Å². The fraction of sp³-hybridized carbons (Fsp3) is 0.650. The molecule has 4 rings (SSSR count). The van der Waals surface area contributed by atoms with E-state index in [4.69, 9.17) is 4.74 Å². The summed E-state index contributed by atoms with van der Waals surface area (Å²) in [6.07, 6.45) is 5.97. The number of para-hydroxylation sites is 2. The molecule has 6 nitrogen and oxygen atoms in total. The largest absolute Gasteiger partial charge is 0.477 e. The standard InChI is InChI=1S/C20H30N4O2/c1-23-13-19(26-18-11-7-6-10-17(18)23)20(25)24(2)12-16-14-8-4-3-5-9-15(14)21-22-16/h6-7,10-11,14-16,19,21-22H,3-5,8-9,12-13H2,1-2H3. The first kappa shape index (κ1) is 17.6. The minimum absolute atomic E-state index is 0.0604. The normalized spacial score (nSPS) is 30.8. The number of rotatable bonds is 3. The van der Waals surface area contributed by atoms with E-state index in [0.29, 0.717) is 24.5 Å². The molecule has 0 radical (unpaired) electrons. The first-order valence-electron chi connectivity index (χ1n) is 9.86. The highest BCUT2D eigenvalue weighted by Gasteiger charge is 2.38. The van der Waals surface area contributed by atoms with Crippen LogP contribution in [0.2, 0.25) is 0 Å². The maximum Gasteiger partial charge on any atom is 0.265 e. The van der Waals surface area contributed by atoms with Gasteiger partial charge in [0.1, 0.15) is 5.75 Å². The van der Waals surface area contributed by atoms with Gasteiger partial charge in [0.05, 0.1) is 12.2 Å². The Hall–Kier alpha value is -1.79. The molecule has 1 saturated heterocycles. The first-order chi connectivity index (χ1) is 12.6. The third-order valence-corrected chi connectivity index (χ3v) is 6.15. The molecule has 1 saturated carbocycles. The zero-order chi connectivity index (χ0) is 18.1. The molecule has 1 aromatic rings. The predicted molar refractivity (Wildman–Crippen MR) is 102 cm³/mol. The van der Waals surface area contributed by atoms with Crippen LogP contribution in [0.1, 0.15) is 32.1 Å². The Bertz CT molecular complexity index is 652. The van der Waals surface area contributed by atoms with E-state index in [1.165, 1.54) is 32.1 Å². The molecule has 0 aromatic heterocycles. The molecule has 1 amide bonds. The van der Waals surface area contributed by atoms with E-state index in [1.54, 1.807) is 0 Å². The average Bonchev–Trinajstić information content (AvgIpc) is 2.87. The molecule has 4 unspecified atom stereocenters. The lowest BCUT2D eigenvalue weighted by molar-refractivity contribution is -0.137. The van der Waals surface area contributed by atoms with Gasteiger partial charge in [0, 0.05) is 32.7 Å². The van der Waals surface area contributed by atoms with Crippen LogP contribution in [0.15, 0.2) is 24.3 Å². The Labute approximate surface area is 155 Å². The number of nitrogens with zero attached hydrogens (tertiary/aromatic N) is 2. The van der Waals surface area contributed by atoms with Gasteiger partial charge in [-0.3, -0.25) is 15.6 Å². The van der Waals surface area contributed by atoms with Crippen molar-refractivity contribution < 1.29 is 9.53 Å². The second-order valence-corrected chi connectivity index (χ2v) is 7.98. The molecule has 2 fully saturated rings. The van der Waals surface area contributed by atoms with Crippen LogP contribution in [0.4, 0.5) is 5.69 Å². The minimum atomic E-state index is -0.445. The summed E-state index contributed by atoms with van der Waals surface area (Å²) in [5.74, 6) is 1.46. The topological polar surface area (TPSA) is 56.8 Å². The van der Waals surface area contributed by atoms with E-state index >= 15 is 0 Å². The monoisotopic (exact) mass is 358 g/mol. The zero-order valence-corrected chi connectivity index (χ0v) is 15.8. The van der Waals surface area contributed by atoms with E-state index in [-0.39, 0.29) is 5.91 Å². The number of fused-ring (bicyclic) bond motifs is 2. The Morgan fingerprint density at radius 2 is 2.04 bits per heavy atom. The molecule has 1 aliphatic carbocycles. The van der Waals surface area contributed by atoms with Gasteiger partial charge in [-0.2, -0.15) is 0 Å². The number of nitrogens with one attached hydrogen (secondary N) is 2. The fourth-order valence-corrected chi connectivity index (χ4v) is 4.67. The summed E-state index contributed by atoms with van der Waals surface area (Å²) in [5, 5.41) is 0. The van der Waals surface area contributed by atoms with Gasteiger partial charge in [0.15, 0.2) is 6.10 Å². The van der Waals surface area contributed by atoms with Crippen LogP contribution in [0.3, 0.4) is 0 Å². The SMILES string of the molecule is CN(CC1NNC2CCCCCC21)C(=O)C1CN(C)c2ccccc2O1. The number of likely N-dealkylation sites (N-methyl/N-ethyl adjacent to an activating group) is 2. The molecular weight excluding hydrogens is 328 g/mol. The van der Waals surface area contributed by atoms with E-state index in [1.807, 2.05) is 43.3 Å². The minimum Gasteiger partial charge on any atom is -0.477 e. The van der Waals surface area contributed by atoms with Gasteiger partial charge in [-0.05, 0) is 30.9 Å². The molecule has 1 aromatic carbocycles. The van der Waals surface area contributed by atoms with Crippen molar-refractivity contribution in [2.24, 2.45) is 5.92 Å². The van der Waals surface area contributed by atoms with Crippen molar-refractivity contribution in [2.45, 2.75) is 50.3 Å². The Kier molecular flexibility index (Phi) is 5.05. The van der Waals surface area contributed by atoms with Gasteiger partial charge < -0.3 is 14.5 Å². The van der Waals surface area contributed by atoms with Crippen LogP contribution in [-0.2, 0) is 4.79 Å². The molecule has 2 aliphatic heterocycles. The Balaban J connectivity index is 1.39. The first-order valence-corrected chi connectivity index (χ1v) is 9.86. The third-order valence-electron chi connectivity index (χ3n) is 6.15. The second-order valence-electron chi connectivity index (χ2n) is 7.98.